The van der Waals surface area contributed by atoms with Gasteiger partial charge in [0.05, 0.1) is 0 Å². The Morgan fingerprint density at radius 3 is 1.46 bits per heavy atom. The fourth-order valence-electron chi connectivity index (χ4n) is 4.72. The Bertz CT molecular complexity index is 1220. The maximum Gasteiger partial charge on any atom is 0.408 e. The number of carbonyl (C=O) groups excluding carboxylic acids is 1. The van der Waals surface area contributed by atoms with E-state index in [1.54, 1.807) is 45.0 Å². The Hall–Kier alpha value is -4.38. The van der Waals surface area contributed by atoms with E-state index in [4.69, 9.17) is 4.74 Å². The summed E-state index contributed by atoms with van der Waals surface area (Å²) < 4.78 is 6.89. The van der Waals surface area contributed by atoms with Crippen LogP contribution in [0.1, 0.15) is 49.1 Å². The third kappa shape index (κ3) is 5.26. The van der Waals surface area contributed by atoms with Gasteiger partial charge in [0.1, 0.15) is 18.1 Å². The van der Waals surface area contributed by atoms with Crippen molar-refractivity contribution in [3.63, 3.8) is 0 Å². The van der Waals surface area contributed by atoms with Crippen molar-refractivity contribution in [2.75, 3.05) is 0 Å². The Morgan fingerprint density at radius 2 is 1.14 bits per heavy atom. The summed E-state index contributed by atoms with van der Waals surface area (Å²) in [4.78, 5) is 25.2. The first kappa shape index (κ1) is 25.7. The Kier molecular flexibility index (Phi) is 7.44. The zero-order valence-corrected chi connectivity index (χ0v) is 21.2. The Balaban J connectivity index is 1.82. The van der Waals surface area contributed by atoms with Crippen LogP contribution in [-0.4, -0.2) is 27.9 Å². The van der Waals surface area contributed by atoms with Gasteiger partial charge in [-0.05, 0) is 38.5 Å². The number of aldehydes is 1. The van der Waals surface area contributed by atoms with Gasteiger partial charge in [-0.15, -0.1) is 0 Å². The van der Waals surface area contributed by atoms with Crippen LogP contribution in [0.2, 0.25) is 0 Å². The predicted molar refractivity (Wildman–Crippen MR) is 145 cm³/mol. The molecule has 188 valence electrons. The summed E-state index contributed by atoms with van der Waals surface area (Å²) in [5.41, 5.74) is 1.78. The van der Waals surface area contributed by atoms with E-state index in [9.17, 15) is 14.7 Å². The smallest absolute Gasteiger partial charge is 0.408 e. The van der Waals surface area contributed by atoms with Crippen molar-refractivity contribution >= 4 is 12.4 Å². The number of amides is 1. The molecule has 37 heavy (non-hydrogen) atoms. The average Bonchev–Trinajstić information content (AvgIpc) is 2.91. The lowest BCUT2D eigenvalue weighted by atomic mass is 9.80. The molecule has 0 aromatic heterocycles. The summed E-state index contributed by atoms with van der Waals surface area (Å²) in [6, 6.07) is 36.3. The van der Waals surface area contributed by atoms with E-state index < -0.39 is 23.3 Å². The van der Waals surface area contributed by atoms with Crippen LogP contribution in [0.3, 0.4) is 0 Å². The molecule has 4 aromatic carbocycles. The van der Waals surface area contributed by atoms with Gasteiger partial charge in [-0.3, -0.25) is 4.90 Å². The number of hydrogen-bond donors (Lipinski definition) is 1. The number of carboxylic acid groups (broad SMARTS) is 1. The molecule has 1 N–H and O–H groups in total. The second kappa shape index (κ2) is 10.7. The second-order valence-corrected chi connectivity index (χ2v) is 9.85. The van der Waals surface area contributed by atoms with Crippen molar-refractivity contribution in [2.45, 2.75) is 38.0 Å². The molecule has 4 aromatic rings. The van der Waals surface area contributed by atoms with Gasteiger partial charge >= 0.3 is 6.09 Å². The van der Waals surface area contributed by atoms with Gasteiger partial charge < -0.3 is 14.6 Å². The molecule has 0 aliphatic carbocycles. The number of ether oxygens (including phenoxy) is 1. The van der Waals surface area contributed by atoms with Crippen LogP contribution in [0.25, 0.3) is 0 Å². The molecule has 0 saturated carbocycles. The number of benzene rings is 4. The van der Waals surface area contributed by atoms with E-state index in [0.717, 1.165) is 21.6 Å². The monoisotopic (exact) mass is 493 g/mol. The summed E-state index contributed by atoms with van der Waals surface area (Å²) >= 11 is 0. The average molecular weight is 494 g/mol. The standard InChI is InChI=1S/C32H31NO4/c1-31(2,3)33(30(35)36)29(23-34)24-19-21-28(22-20-24)37-32(25-13-7-4-8-14-25,26-15-9-5-10-16-26)27-17-11-6-12-18-27/h4-23,29H,1-3H3,(H,35,36). The molecule has 0 fully saturated rings. The van der Waals surface area contributed by atoms with Crippen molar-refractivity contribution in [3.05, 3.63) is 138 Å². The Labute approximate surface area is 218 Å². The van der Waals surface area contributed by atoms with Gasteiger partial charge in [0.2, 0.25) is 0 Å². The molecule has 0 spiro atoms. The summed E-state index contributed by atoms with van der Waals surface area (Å²) in [6.07, 6.45) is -0.488. The van der Waals surface area contributed by atoms with E-state index in [1.807, 2.05) is 91.0 Å². The van der Waals surface area contributed by atoms with E-state index in [0.29, 0.717) is 17.6 Å². The summed E-state index contributed by atoms with van der Waals surface area (Å²) in [7, 11) is 0. The molecule has 1 unspecified atom stereocenters. The van der Waals surface area contributed by atoms with Gasteiger partial charge in [-0.25, -0.2) is 4.79 Å². The predicted octanol–water partition coefficient (Wildman–Crippen LogP) is 7.08. The van der Waals surface area contributed by atoms with Crippen LogP contribution in [0, 0.1) is 0 Å². The van der Waals surface area contributed by atoms with Crippen LogP contribution in [0.4, 0.5) is 4.79 Å². The van der Waals surface area contributed by atoms with Crippen molar-refractivity contribution in [1.82, 2.24) is 4.90 Å². The summed E-state index contributed by atoms with van der Waals surface area (Å²) in [6.45, 7) is 5.30. The van der Waals surface area contributed by atoms with Gasteiger partial charge in [0.25, 0.3) is 0 Å². The van der Waals surface area contributed by atoms with Crippen molar-refractivity contribution < 1.29 is 19.4 Å². The second-order valence-electron chi connectivity index (χ2n) is 9.85. The Morgan fingerprint density at radius 1 is 0.730 bits per heavy atom. The van der Waals surface area contributed by atoms with E-state index in [-0.39, 0.29) is 0 Å². The van der Waals surface area contributed by atoms with Crippen LogP contribution < -0.4 is 4.74 Å². The van der Waals surface area contributed by atoms with Crippen molar-refractivity contribution in [1.29, 1.82) is 0 Å². The third-order valence-electron chi connectivity index (χ3n) is 6.37. The van der Waals surface area contributed by atoms with Gasteiger partial charge in [0.15, 0.2) is 5.60 Å². The molecule has 0 radical (unpaired) electrons. The zero-order valence-electron chi connectivity index (χ0n) is 21.2. The number of carbonyl (C=O) groups is 2. The highest BCUT2D eigenvalue weighted by Crippen LogP contribution is 2.41. The minimum absolute atomic E-state index is 0.574. The molecular formula is C32H31NO4. The number of rotatable bonds is 8. The molecule has 0 bridgehead atoms. The topological polar surface area (TPSA) is 66.8 Å². The molecule has 4 rings (SSSR count). The molecule has 1 amide bonds. The maximum atomic E-state index is 12.0. The number of hydrogen-bond acceptors (Lipinski definition) is 3. The summed E-state index contributed by atoms with van der Waals surface area (Å²) in [5, 5.41) is 9.80. The molecular weight excluding hydrogens is 462 g/mol. The van der Waals surface area contributed by atoms with Crippen LogP contribution in [0.5, 0.6) is 5.75 Å². The SMILES string of the molecule is CC(C)(C)N(C(=O)O)C(C=O)c1ccc(OC(c2ccccc2)(c2ccccc2)c2ccccc2)cc1. The highest BCUT2D eigenvalue weighted by Gasteiger charge is 2.39. The normalized spacial score (nSPS) is 12.4. The fourth-order valence-corrected chi connectivity index (χ4v) is 4.72. The lowest BCUT2D eigenvalue weighted by molar-refractivity contribution is -0.113. The van der Waals surface area contributed by atoms with E-state index in [1.165, 1.54) is 0 Å². The first-order chi connectivity index (χ1) is 17.8. The van der Waals surface area contributed by atoms with Gasteiger partial charge in [0, 0.05) is 22.2 Å². The summed E-state index contributed by atoms with van der Waals surface area (Å²) in [5.74, 6) is 0.586. The fraction of sp³-hybridized carbons (Fsp3) is 0.188. The highest BCUT2D eigenvalue weighted by molar-refractivity contribution is 5.74. The maximum absolute atomic E-state index is 12.0. The molecule has 5 heteroatoms. The van der Waals surface area contributed by atoms with Crippen LogP contribution in [-0.2, 0) is 10.4 Å². The third-order valence-corrected chi connectivity index (χ3v) is 6.37. The van der Waals surface area contributed by atoms with Crippen molar-refractivity contribution in [3.8, 4) is 5.75 Å². The molecule has 0 saturated heterocycles. The van der Waals surface area contributed by atoms with E-state index in [2.05, 4.69) is 0 Å². The largest absolute Gasteiger partial charge is 0.473 e. The van der Waals surface area contributed by atoms with Gasteiger partial charge in [-0.2, -0.15) is 0 Å². The molecule has 0 aliphatic heterocycles. The lowest BCUT2D eigenvalue weighted by Crippen LogP contribution is -2.47. The lowest BCUT2D eigenvalue weighted by Gasteiger charge is -2.38. The molecule has 0 heterocycles. The van der Waals surface area contributed by atoms with Crippen LogP contribution >= 0.6 is 0 Å². The quantitative estimate of drug-likeness (QED) is 0.210. The first-order valence-corrected chi connectivity index (χ1v) is 12.2. The molecule has 0 aliphatic rings. The van der Waals surface area contributed by atoms with Crippen LogP contribution in [0.15, 0.2) is 115 Å². The molecule has 1 atom stereocenters. The van der Waals surface area contributed by atoms with Crippen molar-refractivity contribution in [2.24, 2.45) is 0 Å². The van der Waals surface area contributed by atoms with E-state index >= 15 is 0 Å². The minimum atomic E-state index is -1.15. The minimum Gasteiger partial charge on any atom is -0.473 e. The number of nitrogens with zero attached hydrogens (tertiary/aromatic N) is 1. The van der Waals surface area contributed by atoms with Gasteiger partial charge in [-0.1, -0.05) is 103 Å². The zero-order chi connectivity index (χ0) is 26.5. The highest BCUT2D eigenvalue weighted by atomic mass is 16.5. The molecule has 5 nitrogen and oxygen atoms in total. The first-order valence-electron chi connectivity index (χ1n) is 12.2.